The summed E-state index contributed by atoms with van der Waals surface area (Å²) in [7, 11) is 1.57. The molecule has 2 N–H and O–H groups in total. The van der Waals surface area contributed by atoms with Gasteiger partial charge < -0.3 is 20.1 Å². The van der Waals surface area contributed by atoms with Gasteiger partial charge in [-0.15, -0.1) is 0 Å². The average molecular weight is 474 g/mol. The SMILES string of the molecule is COc1cccc(NC(=O)c2ccccc2NC(=O)c2ccc(CN3CC(C)OC(C)C3)cc2)c1. The highest BCUT2D eigenvalue weighted by Crippen LogP contribution is 2.21. The quantitative estimate of drug-likeness (QED) is 0.515. The van der Waals surface area contributed by atoms with Crippen LogP contribution in [0.5, 0.6) is 5.75 Å². The summed E-state index contributed by atoms with van der Waals surface area (Å²) < 4.78 is 11.0. The van der Waals surface area contributed by atoms with Crippen molar-refractivity contribution < 1.29 is 19.1 Å². The molecule has 0 aromatic heterocycles. The molecule has 0 saturated carbocycles. The number of rotatable bonds is 7. The molecule has 0 radical (unpaired) electrons. The lowest BCUT2D eigenvalue weighted by Gasteiger charge is -2.35. The van der Waals surface area contributed by atoms with Crippen molar-refractivity contribution in [2.45, 2.75) is 32.6 Å². The number of morpholine rings is 1. The van der Waals surface area contributed by atoms with Gasteiger partial charge in [0.25, 0.3) is 11.8 Å². The summed E-state index contributed by atoms with van der Waals surface area (Å²) in [6.07, 6.45) is 0.426. The van der Waals surface area contributed by atoms with Gasteiger partial charge in [-0.2, -0.15) is 0 Å². The van der Waals surface area contributed by atoms with Crippen LogP contribution in [0.4, 0.5) is 11.4 Å². The summed E-state index contributed by atoms with van der Waals surface area (Å²) in [5, 5.41) is 5.73. The minimum absolute atomic E-state index is 0.213. The third kappa shape index (κ3) is 6.47. The molecule has 1 aliphatic rings. The normalized spacial score (nSPS) is 18.0. The van der Waals surface area contributed by atoms with E-state index in [1.165, 1.54) is 0 Å². The van der Waals surface area contributed by atoms with Crippen molar-refractivity contribution in [3.8, 4) is 5.75 Å². The lowest BCUT2D eigenvalue weighted by molar-refractivity contribution is -0.0704. The first-order valence-electron chi connectivity index (χ1n) is 11.7. The van der Waals surface area contributed by atoms with Gasteiger partial charge >= 0.3 is 0 Å². The first kappa shape index (κ1) is 24.4. The fourth-order valence-corrected chi connectivity index (χ4v) is 4.32. The second kappa shape index (κ2) is 11.2. The van der Waals surface area contributed by atoms with Gasteiger partial charge in [-0.1, -0.05) is 30.3 Å². The minimum atomic E-state index is -0.321. The van der Waals surface area contributed by atoms with E-state index < -0.39 is 0 Å². The Morgan fingerprint density at radius 1 is 0.914 bits per heavy atom. The Kier molecular flexibility index (Phi) is 7.80. The number of methoxy groups -OCH3 is 1. The fourth-order valence-electron chi connectivity index (χ4n) is 4.32. The van der Waals surface area contributed by atoms with Crippen LogP contribution in [-0.4, -0.2) is 49.1 Å². The Morgan fingerprint density at radius 2 is 1.63 bits per heavy atom. The summed E-state index contributed by atoms with van der Waals surface area (Å²) >= 11 is 0. The maximum Gasteiger partial charge on any atom is 0.257 e. The van der Waals surface area contributed by atoms with Crippen LogP contribution < -0.4 is 15.4 Å². The van der Waals surface area contributed by atoms with E-state index in [9.17, 15) is 9.59 Å². The molecule has 7 heteroatoms. The number of nitrogens with zero attached hydrogens (tertiary/aromatic N) is 1. The van der Waals surface area contributed by atoms with Crippen molar-refractivity contribution in [3.05, 3.63) is 89.5 Å². The van der Waals surface area contributed by atoms with Gasteiger partial charge in [0.1, 0.15) is 5.75 Å². The second-order valence-electron chi connectivity index (χ2n) is 8.83. The highest BCUT2D eigenvalue weighted by atomic mass is 16.5. The van der Waals surface area contributed by atoms with E-state index in [2.05, 4.69) is 29.4 Å². The zero-order valence-corrected chi connectivity index (χ0v) is 20.3. The molecule has 3 aromatic carbocycles. The summed E-state index contributed by atoms with van der Waals surface area (Å²) in [5.41, 5.74) is 3.09. The number of para-hydroxylation sites is 1. The molecule has 2 atom stereocenters. The highest BCUT2D eigenvalue weighted by molar-refractivity contribution is 6.12. The zero-order chi connectivity index (χ0) is 24.8. The Balaban J connectivity index is 1.41. The Hall–Kier alpha value is -3.68. The topological polar surface area (TPSA) is 79.9 Å². The lowest BCUT2D eigenvalue weighted by Crippen LogP contribution is -2.44. The minimum Gasteiger partial charge on any atom is -0.497 e. The molecular formula is C28H31N3O4. The van der Waals surface area contributed by atoms with Gasteiger partial charge in [0.2, 0.25) is 0 Å². The number of benzene rings is 3. The molecule has 4 rings (SSSR count). The predicted octanol–water partition coefficient (Wildman–Crippen LogP) is 4.81. The van der Waals surface area contributed by atoms with Gasteiger partial charge in [-0.05, 0) is 55.8 Å². The monoisotopic (exact) mass is 473 g/mol. The number of carbonyl (C=O) groups is 2. The fraction of sp³-hybridized carbons (Fsp3) is 0.286. The number of anilines is 2. The largest absolute Gasteiger partial charge is 0.497 e. The van der Waals surface area contributed by atoms with Crippen LogP contribution in [0.3, 0.4) is 0 Å². The molecule has 3 aromatic rings. The predicted molar refractivity (Wildman–Crippen MR) is 137 cm³/mol. The van der Waals surface area contributed by atoms with Crippen LogP contribution >= 0.6 is 0 Å². The van der Waals surface area contributed by atoms with Crippen molar-refractivity contribution in [2.24, 2.45) is 0 Å². The van der Waals surface area contributed by atoms with Crippen molar-refractivity contribution in [1.29, 1.82) is 0 Å². The molecule has 0 spiro atoms. The van der Waals surface area contributed by atoms with Gasteiger partial charge in [-0.25, -0.2) is 0 Å². The second-order valence-corrected chi connectivity index (χ2v) is 8.83. The van der Waals surface area contributed by atoms with E-state index in [-0.39, 0.29) is 24.0 Å². The van der Waals surface area contributed by atoms with E-state index >= 15 is 0 Å². The molecule has 182 valence electrons. The first-order valence-corrected chi connectivity index (χ1v) is 11.7. The summed E-state index contributed by atoms with van der Waals surface area (Å²) in [4.78, 5) is 28.2. The number of hydrogen-bond donors (Lipinski definition) is 2. The molecule has 1 fully saturated rings. The highest BCUT2D eigenvalue weighted by Gasteiger charge is 2.22. The Morgan fingerprint density at radius 3 is 2.34 bits per heavy atom. The van der Waals surface area contributed by atoms with Gasteiger partial charge in [0, 0.05) is 37.0 Å². The number of carbonyl (C=O) groups excluding carboxylic acids is 2. The van der Waals surface area contributed by atoms with Crippen LogP contribution in [-0.2, 0) is 11.3 Å². The van der Waals surface area contributed by atoms with Gasteiger partial charge in [0.05, 0.1) is 30.6 Å². The number of amides is 2. The summed E-state index contributed by atoms with van der Waals surface area (Å²) in [6, 6.07) is 21.6. The van der Waals surface area contributed by atoms with Crippen LogP contribution in [0.2, 0.25) is 0 Å². The first-order chi connectivity index (χ1) is 16.9. The molecule has 0 bridgehead atoms. The van der Waals surface area contributed by atoms with Crippen LogP contribution in [0.25, 0.3) is 0 Å². The molecule has 2 amide bonds. The van der Waals surface area contributed by atoms with Gasteiger partial charge in [-0.3, -0.25) is 14.5 Å². The smallest absolute Gasteiger partial charge is 0.257 e. The van der Waals surface area contributed by atoms with E-state index in [1.807, 2.05) is 24.3 Å². The van der Waals surface area contributed by atoms with E-state index in [0.717, 1.165) is 25.2 Å². The number of ether oxygens (including phenoxy) is 2. The maximum atomic E-state index is 12.9. The van der Waals surface area contributed by atoms with Crippen LogP contribution in [0.1, 0.15) is 40.1 Å². The van der Waals surface area contributed by atoms with Crippen molar-refractivity contribution in [3.63, 3.8) is 0 Å². The third-order valence-corrected chi connectivity index (χ3v) is 5.87. The third-order valence-electron chi connectivity index (χ3n) is 5.87. The maximum absolute atomic E-state index is 12.9. The Bertz CT molecular complexity index is 1170. The van der Waals surface area contributed by atoms with Crippen LogP contribution in [0, 0.1) is 0 Å². The summed E-state index contributed by atoms with van der Waals surface area (Å²) in [6.45, 7) is 6.77. The van der Waals surface area contributed by atoms with E-state index in [1.54, 1.807) is 55.6 Å². The molecule has 7 nitrogen and oxygen atoms in total. The molecule has 2 unspecified atom stereocenters. The van der Waals surface area contributed by atoms with Crippen molar-refractivity contribution in [1.82, 2.24) is 4.90 Å². The number of nitrogens with one attached hydrogen (secondary N) is 2. The summed E-state index contributed by atoms with van der Waals surface area (Å²) in [5.74, 6) is 0.0516. The Labute approximate surface area is 206 Å². The molecule has 1 saturated heterocycles. The molecule has 1 aliphatic heterocycles. The van der Waals surface area contributed by atoms with E-state index in [4.69, 9.17) is 9.47 Å². The molecule has 1 heterocycles. The van der Waals surface area contributed by atoms with Crippen molar-refractivity contribution >= 4 is 23.2 Å². The molecule has 35 heavy (non-hydrogen) atoms. The standard InChI is InChI=1S/C28H31N3O4/c1-19-16-31(17-20(2)35-19)18-21-11-13-22(14-12-21)27(32)30-26-10-5-4-9-25(26)28(33)29-23-7-6-8-24(15-23)34-3/h4-15,19-20H,16-18H2,1-3H3,(H,29,33)(H,30,32). The molecular weight excluding hydrogens is 442 g/mol. The average Bonchev–Trinajstić information content (AvgIpc) is 2.84. The van der Waals surface area contributed by atoms with Gasteiger partial charge in [0.15, 0.2) is 0 Å². The van der Waals surface area contributed by atoms with E-state index in [0.29, 0.717) is 28.3 Å². The lowest BCUT2D eigenvalue weighted by atomic mass is 10.1. The van der Waals surface area contributed by atoms with Crippen LogP contribution in [0.15, 0.2) is 72.8 Å². The number of hydrogen-bond acceptors (Lipinski definition) is 5. The van der Waals surface area contributed by atoms with Crippen molar-refractivity contribution in [2.75, 3.05) is 30.8 Å². The zero-order valence-electron chi connectivity index (χ0n) is 20.3. The molecule has 0 aliphatic carbocycles.